The SMILES string of the molecule is COCc1nc(-c2ccc(-c3ccc(C(=O)O)cc3)c(C)c2)no1. The van der Waals surface area contributed by atoms with Crippen molar-refractivity contribution in [3.8, 4) is 22.5 Å². The van der Waals surface area contributed by atoms with Gasteiger partial charge >= 0.3 is 5.97 Å². The zero-order valence-electron chi connectivity index (χ0n) is 13.3. The van der Waals surface area contributed by atoms with Gasteiger partial charge in [0.05, 0.1) is 5.56 Å². The van der Waals surface area contributed by atoms with Crippen LogP contribution in [-0.4, -0.2) is 28.3 Å². The lowest BCUT2D eigenvalue weighted by Gasteiger charge is -2.08. The van der Waals surface area contributed by atoms with Crippen molar-refractivity contribution in [2.45, 2.75) is 13.5 Å². The molecule has 0 amide bonds. The van der Waals surface area contributed by atoms with Gasteiger partial charge in [-0.15, -0.1) is 0 Å². The Hall–Kier alpha value is -2.99. The van der Waals surface area contributed by atoms with E-state index in [9.17, 15) is 4.79 Å². The summed E-state index contributed by atoms with van der Waals surface area (Å²) in [5, 5.41) is 12.9. The summed E-state index contributed by atoms with van der Waals surface area (Å²) in [6, 6.07) is 12.7. The molecular formula is C18H16N2O4. The number of carbonyl (C=O) groups is 1. The molecule has 122 valence electrons. The molecule has 0 unspecified atom stereocenters. The fourth-order valence-corrected chi connectivity index (χ4v) is 2.47. The highest BCUT2D eigenvalue weighted by Crippen LogP contribution is 2.27. The zero-order valence-corrected chi connectivity index (χ0v) is 13.3. The van der Waals surface area contributed by atoms with Gasteiger partial charge in [-0.1, -0.05) is 29.4 Å². The molecule has 0 atom stereocenters. The van der Waals surface area contributed by atoms with Gasteiger partial charge in [0.15, 0.2) is 0 Å². The van der Waals surface area contributed by atoms with E-state index >= 15 is 0 Å². The number of rotatable bonds is 5. The molecule has 0 saturated heterocycles. The summed E-state index contributed by atoms with van der Waals surface area (Å²) in [5.41, 5.74) is 4.14. The number of hydrogen-bond acceptors (Lipinski definition) is 5. The topological polar surface area (TPSA) is 85.5 Å². The minimum atomic E-state index is -0.933. The molecule has 0 aliphatic heterocycles. The molecule has 0 spiro atoms. The Morgan fingerprint density at radius 3 is 2.50 bits per heavy atom. The van der Waals surface area contributed by atoms with E-state index in [1.54, 1.807) is 31.4 Å². The maximum Gasteiger partial charge on any atom is 0.335 e. The molecule has 0 radical (unpaired) electrons. The van der Waals surface area contributed by atoms with Crippen LogP contribution in [0.5, 0.6) is 0 Å². The monoisotopic (exact) mass is 324 g/mol. The molecule has 1 heterocycles. The van der Waals surface area contributed by atoms with E-state index in [0.717, 1.165) is 22.3 Å². The average Bonchev–Trinajstić information content (AvgIpc) is 3.04. The Morgan fingerprint density at radius 1 is 1.17 bits per heavy atom. The van der Waals surface area contributed by atoms with E-state index in [0.29, 0.717) is 11.7 Å². The minimum absolute atomic E-state index is 0.269. The third-order valence-electron chi connectivity index (χ3n) is 3.66. The van der Waals surface area contributed by atoms with Crippen LogP contribution in [0.1, 0.15) is 21.8 Å². The lowest BCUT2D eigenvalue weighted by Crippen LogP contribution is -1.95. The molecule has 3 rings (SSSR count). The van der Waals surface area contributed by atoms with Crippen LogP contribution in [0.2, 0.25) is 0 Å². The predicted octanol–water partition coefficient (Wildman–Crippen LogP) is 3.56. The molecule has 24 heavy (non-hydrogen) atoms. The van der Waals surface area contributed by atoms with Crippen LogP contribution in [0.4, 0.5) is 0 Å². The number of aryl methyl sites for hydroxylation is 1. The minimum Gasteiger partial charge on any atom is -0.478 e. The molecule has 3 aromatic rings. The van der Waals surface area contributed by atoms with Crippen molar-refractivity contribution in [3.05, 3.63) is 59.5 Å². The summed E-state index contributed by atoms with van der Waals surface area (Å²) in [5.74, 6) is 0.00834. The zero-order chi connectivity index (χ0) is 17.1. The summed E-state index contributed by atoms with van der Waals surface area (Å²) in [4.78, 5) is 15.2. The number of hydrogen-bond donors (Lipinski definition) is 1. The molecule has 2 aromatic carbocycles. The van der Waals surface area contributed by atoms with Crippen LogP contribution < -0.4 is 0 Å². The normalized spacial score (nSPS) is 10.8. The molecular weight excluding hydrogens is 308 g/mol. The number of aromatic carboxylic acids is 1. The Balaban J connectivity index is 1.90. The van der Waals surface area contributed by atoms with E-state index < -0.39 is 5.97 Å². The second-order valence-corrected chi connectivity index (χ2v) is 5.36. The quantitative estimate of drug-likeness (QED) is 0.772. The van der Waals surface area contributed by atoms with E-state index in [4.69, 9.17) is 14.4 Å². The molecule has 0 aliphatic rings. The number of aromatic nitrogens is 2. The fraction of sp³-hybridized carbons (Fsp3) is 0.167. The van der Waals surface area contributed by atoms with Gasteiger partial charge in [-0.25, -0.2) is 4.79 Å². The van der Waals surface area contributed by atoms with Gasteiger partial charge in [-0.05, 0) is 41.8 Å². The van der Waals surface area contributed by atoms with Crippen LogP contribution in [0.15, 0.2) is 47.0 Å². The van der Waals surface area contributed by atoms with Gasteiger partial charge in [0, 0.05) is 12.7 Å². The summed E-state index contributed by atoms with van der Waals surface area (Å²) in [6.07, 6.45) is 0. The Kier molecular flexibility index (Phi) is 4.39. The lowest BCUT2D eigenvalue weighted by molar-refractivity contribution is 0.0697. The number of nitrogens with zero attached hydrogens (tertiary/aromatic N) is 2. The number of methoxy groups -OCH3 is 1. The van der Waals surface area contributed by atoms with Crippen molar-refractivity contribution in [2.24, 2.45) is 0 Å². The van der Waals surface area contributed by atoms with E-state index in [1.165, 1.54) is 0 Å². The van der Waals surface area contributed by atoms with Gasteiger partial charge in [0.25, 0.3) is 5.89 Å². The van der Waals surface area contributed by atoms with Gasteiger partial charge in [0.2, 0.25) is 5.82 Å². The van der Waals surface area contributed by atoms with Crippen LogP contribution in [0, 0.1) is 6.92 Å². The van der Waals surface area contributed by atoms with Crippen LogP contribution >= 0.6 is 0 Å². The van der Waals surface area contributed by atoms with Gasteiger partial charge in [-0.3, -0.25) is 0 Å². The molecule has 6 nitrogen and oxygen atoms in total. The second-order valence-electron chi connectivity index (χ2n) is 5.36. The largest absolute Gasteiger partial charge is 0.478 e. The van der Waals surface area contributed by atoms with Crippen molar-refractivity contribution in [3.63, 3.8) is 0 Å². The number of carboxylic acids is 1. The van der Waals surface area contributed by atoms with Crippen molar-refractivity contribution in [1.82, 2.24) is 10.1 Å². The smallest absolute Gasteiger partial charge is 0.335 e. The molecule has 6 heteroatoms. The van der Waals surface area contributed by atoms with Crippen molar-refractivity contribution < 1.29 is 19.2 Å². The standard InChI is InChI=1S/C18H16N2O4/c1-11-9-14(17-19-16(10-23-2)24-20-17)7-8-15(11)12-3-5-13(6-4-12)18(21)22/h3-9H,10H2,1-2H3,(H,21,22). The van der Waals surface area contributed by atoms with Crippen molar-refractivity contribution in [1.29, 1.82) is 0 Å². The van der Waals surface area contributed by atoms with E-state index in [-0.39, 0.29) is 12.2 Å². The third-order valence-corrected chi connectivity index (χ3v) is 3.66. The Labute approximate surface area is 138 Å². The first-order chi connectivity index (χ1) is 11.6. The molecule has 0 aliphatic carbocycles. The molecule has 0 fully saturated rings. The Bertz CT molecular complexity index is 869. The van der Waals surface area contributed by atoms with Gasteiger partial charge in [-0.2, -0.15) is 4.98 Å². The summed E-state index contributed by atoms with van der Waals surface area (Å²) >= 11 is 0. The van der Waals surface area contributed by atoms with Gasteiger partial charge < -0.3 is 14.4 Å². The summed E-state index contributed by atoms with van der Waals surface area (Å²) < 4.78 is 10.1. The fourth-order valence-electron chi connectivity index (χ4n) is 2.47. The number of ether oxygens (including phenoxy) is 1. The highest BCUT2D eigenvalue weighted by molar-refractivity contribution is 5.88. The molecule has 0 saturated carbocycles. The Morgan fingerprint density at radius 2 is 1.88 bits per heavy atom. The van der Waals surface area contributed by atoms with E-state index in [2.05, 4.69) is 10.1 Å². The maximum atomic E-state index is 10.9. The third kappa shape index (κ3) is 3.18. The summed E-state index contributed by atoms with van der Waals surface area (Å²) in [7, 11) is 1.57. The van der Waals surface area contributed by atoms with Crippen molar-refractivity contribution in [2.75, 3.05) is 7.11 Å². The predicted molar refractivity (Wildman–Crippen MR) is 87.6 cm³/mol. The average molecular weight is 324 g/mol. The first-order valence-corrected chi connectivity index (χ1v) is 7.35. The van der Waals surface area contributed by atoms with Crippen LogP contribution in [0.3, 0.4) is 0 Å². The van der Waals surface area contributed by atoms with Crippen molar-refractivity contribution >= 4 is 5.97 Å². The number of benzene rings is 2. The molecule has 1 aromatic heterocycles. The molecule has 0 bridgehead atoms. The second kappa shape index (κ2) is 6.64. The van der Waals surface area contributed by atoms with Crippen LogP contribution in [-0.2, 0) is 11.3 Å². The first-order valence-electron chi connectivity index (χ1n) is 7.35. The van der Waals surface area contributed by atoms with Gasteiger partial charge in [0.1, 0.15) is 6.61 Å². The summed E-state index contributed by atoms with van der Waals surface area (Å²) in [6.45, 7) is 2.26. The first kappa shape index (κ1) is 15.9. The highest BCUT2D eigenvalue weighted by atomic mass is 16.5. The van der Waals surface area contributed by atoms with E-state index in [1.807, 2.05) is 25.1 Å². The lowest BCUT2D eigenvalue weighted by atomic mass is 9.97. The highest BCUT2D eigenvalue weighted by Gasteiger charge is 2.11. The number of carboxylic acid groups (broad SMARTS) is 1. The van der Waals surface area contributed by atoms with Crippen LogP contribution in [0.25, 0.3) is 22.5 Å². The maximum absolute atomic E-state index is 10.9. The molecule has 1 N–H and O–H groups in total.